The Labute approximate surface area is 391 Å². The molecule has 2 fully saturated rings. The van der Waals surface area contributed by atoms with E-state index >= 15 is 0 Å². The highest BCUT2D eigenvalue weighted by molar-refractivity contribution is 7.51. The molecule has 0 aliphatic carbocycles. The van der Waals surface area contributed by atoms with Gasteiger partial charge in [-0.05, 0) is 52.0 Å². The van der Waals surface area contributed by atoms with Crippen molar-refractivity contribution in [3.05, 3.63) is 109 Å². The highest BCUT2D eigenvalue weighted by Crippen LogP contribution is 2.57. The molecule has 356 valence electrons. The molecule has 4 aromatic heterocycles. The number of amides is 3. The molecular formula is C45H51N12O10P. The third kappa shape index (κ3) is 11.3. The molecule has 5 unspecified atom stereocenters. The van der Waals surface area contributed by atoms with Crippen LogP contribution in [0.2, 0.25) is 0 Å². The van der Waals surface area contributed by atoms with E-state index < -0.39 is 50.5 Å². The maximum atomic E-state index is 13.1. The van der Waals surface area contributed by atoms with Crippen LogP contribution in [0.5, 0.6) is 0 Å². The molecule has 2 aromatic carbocycles. The minimum Gasteiger partial charge on any atom is -0.376 e. The summed E-state index contributed by atoms with van der Waals surface area (Å²) in [4.78, 5) is 69.2. The maximum absolute atomic E-state index is 13.1. The Morgan fingerprint density at radius 2 is 1.28 bits per heavy atom. The topological polar surface area (TPSA) is 244 Å². The molecule has 0 radical (unpaired) electrons. The summed E-state index contributed by atoms with van der Waals surface area (Å²) in [6.45, 7) is 15.9. The van der Waals surface area contributed by atoms with Crippen molar-refractivity contribution in [1.82, 2.24) is 39.0 Å². The fraction of sp³-hybridized carbons (Fsp3) is 0.422. The molecule has 0 bridgehead atoms. The van der Waals surface area contributed by atoms with Gasteiger partial charge in [0, 0.05) is 30.9 Å². The number of ether oxygens (including phenoxy) is 4. The molecule has 2 aliphatic heterocycles. The van der Waals surface area contributed by atoms with Gasteiger partial charge >= 0.3 is 7.74 Å². The van der Waals surface area contributed by atoms with Gasteiger partial charge in [-0.3, -0.25) is 37.1 Å². The van der Waals surface area contributed by atoms with Crippen LogP contribution in [0, 0.1) is 6.57 Å². The van der Waals surface area contributed by atoms with Gasteiger partial charge in [0.15, 0.2) is 34.0 Å². The molecule has 8 rings (SSSR count). The Hall–Kier alpha value is -6.41. The van der Waals surface area contributed by atoms with Crippen molar-refractivity contribution in [2.75, 3.05) is 37.0 Å². The number of anilines is 2. The first-order valence-electron chi connectivity index (χ1n) is 22.0. The highest BCUT2D eigenvalue weighted by atomic mass is 31.2. The standard InChI is InChI=1S/C45H51N12O10P/c1-27(2)61-21-34-33(20-37(65-34)57-26-52-39-41(48-24-50-43(39)57)54-45(60)31-15-11-8-12-16-31)67-68(55-29(5)58,62-18-17-46-6)63-22-35-32(64-28(3)4)19-36(66-35)56-25-51-38-40(47-23-49-42(38)56)53-44(59)30-13-9-7-10-14-30/h7-16,23-28,32-37H,17-22H2,1-5H3,(H,47,49,53,59)(H,48,50,54,60)/t32-,33-,34?,35?,36?,37?,68?/m1/s1. The summed E-state index contributed by atoms with van der Waals surface area (Å²) in [5.74, 6) is -0.913. The number of benzene rings is 2. The van der Waals surface area contributed by atoms with Crippen molar-refractivity contribution >= 4 is 59.4 Å². The van der Waals surface area contributed by atoms with Gasteiger partial charge in [-0.15, -0.1) is 0 Å². The number of fused-ring (bicyclic) bond motifs is 2. The lowest BCUT2D eigenvalue weighted by atomic mass is 10.2. The molecular weight excluding hydrogens is 900 g/mol. The minimum absolute atomic E-state index is 0.0696. The monoisotopic (exact) mass is 950 g/mol. The predicted octanol–water partition coefficient (Wildman–Crippen LogP) is 6.79. The van der Waals surface area contributed by atoms with Gasteiger partial charge in [-0.25, -0.2) is 36.5 Å². The number of rotatable bonds is 19. The zero-order valence-corrected chi connectivity index (χ0v) is 38.8. The molecule has 6 aromatic rings. The molecule has 68 heavy (non-hydrogen) atoms. The third-order valence-electron chi connectivity index (χ3n) is 10.7. The van der Waals surface area contributed by atoms with E-state index in [9.17, 15) is 14.4 Å². The molecule has 23 heteroatoms. The smallest absolute Gasteiger partial charge is 0.364 e. The lowest BCUT2D eigenvalue weighted by Crippen LogP contribution is -2.33. The van der Waals surface area contributed by atoms with E-state index in [2.05, 4.69) is 50.1 Å². The van der Waals surface area contributed by atoms with Crippen LogP contribution in [0.1, 0.15) is 80.6 Å². The number of nitrogens with zero attached hydrogens (tertiary/aromatic N) is 10. The molecule has 2 saturated heterocycles. The summed E-state index contributed by atoms with van der Waals surface area (Å²) < 4.78 is 53.0. The number of carbonyl (C=O) groups is 3. The van der Waals surface area contributed by atoms with E-state index in [1.165, 1.54) is 25.9 Å². The Morgan fingerprint density at radius 3 is 1.78 bits per heavy atom. The maximum Gasteiger partial charge on any atom is 0.364 e. The largest absolute Gasteiger partial charge is 0.376 e. The first kappa shape index (κ1) is 48.1. The number of hydrogen-bond acceptors (Lipinski definition) is 16. The molecule has 22 nitrogen and oxygen atoms in total. The second-order valence-corrected chi connectivity index (χ2v) is 18.2. The number of carbonyl (C=O) groups excluding carboxylic acids is 3. The Morgan fingerprint density at radius 1 is 0.750 bits per heavy atom. The van der Waals surface area contributed by atoms with Crippen LogP contribution >= 0.6 is 7.74 Å². The van der Waals surface area contributed by atoms with Gasteiger partial charge in [0.1, 0.15) is 50.0 Å². The van der Waals surface area contributed by atoms with Crippen molar-refractivity contribution in [2.45, 2.75) is 96.5 Å². The quantitative estimate of drug-likeness (QED) is 0.0482. The van der Waals surface area contributed by atoms with Crippen LogP contribution in [-0.4, -0.2) is 120 Å². The van der Waals surface area contributed by atoms with Crippen molar-refractivity contribution in [3.8, 4) is 0 Å². The summed E-state index contributed by atoms with van der Waals surface area (Å²) in [5, 5.41) is 5.65. The summed E-state index contributed by atoms with van der Waals surface area (Å²) in [5.41, 5.74) is 2.37. The second kappa shape index (κ2) is 21.7. The molecule has 2 N–H and O–H groups in total. The van der Waals surface area contributed by atoms with Crippen molar-refractivity contribution in [2.24, 2.45) is 4.74 Å². The summed E-state index contributed by atoms with van der Waals surface area (Å²) >= 11 is 0. The predicted molar refractivity (Wildman–Crippen MR) is 246 cm³/mol. The summed E-state index contributed by atoms with van der Waals surface area (Å²) in [6.07, 6.45) is 1.62. The molecule has 2 aliphatic rings. The van der Waals surface area contributed by atoms with E-state index in [0.717, 1.165) is 0 Å². The first-order valence-corrected chi connectivity index (χ1v) is 23.5. The fourth-order valence-corrected chi connectivity index (χ4v) is 9.59. The fourth-order valence-electron chi connectivity index (χ4n) is 7.67. The minimum atomic E-state index is -4.02. The first-order chi connectivity index (χ1) is 32.9. The third-order valence-corrected chi connectivity index (χ3v) is 12.7. The van der Waals surface area contributed by atoms with Gasteiger partial charge in [-0.1, -0.05) is 36.4 Å². The molecule has 6 heterocycles. The van der Waals surface area contributed by atoms with E-state index in [-0.39, 0.29) is 68.4 Å². The molecule has 0 spiro atoms. The van der Waals surface area contributed by atoms with Crippen molar-refractivity contribution < 1.29 is 46.9 Å². The number of aromatic nitrogens is 8. The van der Waals surface area contributed by atoms with Gasteiger partial charge < -0.3 is 34.4 Å². The Balaban J connectivity index is 1.05. The Bertz CT molecular complexity index is 2820. The van der Waals surface area contributed by atoms with Crippen molar-refractivity contribution in [1.29, 1.82) is 0 Å². The van der Waals surface area contributed by atoms with Gasteiger partial charge in [0.05, 0.1) is 44.2 Å². The van der Waals surface area contributed by atoms with Crippen LogP contribution in [0.15, 0.2) is 90.7 Å². The number of imidazole rings is 2. The summed E-state index contributed by atoms with van der Waals surface area (Å²) in [7, 11) is -4.02. The number of nitrogens with one attached hydrogen (secondary N) is 2. The molecule has 0 saturated carbocycles. The van der Waals surface area contributed by atoms with E-state index in [0.29, 0.717) is 39.9 Å². The van der Waals surface area contributed by atoms with Crippen LogP contribution in [-0.2, 0) is 37.3 Å². The van der Waals surface area contributed by atoms with Gasteiger partial charge in [-0.2, -0.15) is 4.74 Å². The summed E-state index contributed by atoms with van der Waals surface area (Å²) in [6, 6.07) is 17.5. The van der Waals surface area contributed by atoms with Gasteiger partial charge in [0.25, 0.3) is 11.8 Å². The zero-order chi connectivity index (χ0) is 47.8. The van der Waals surface area contributed by atoms with Gasteiger partial charge in [0.2, 0.25) is 12.5 Å². The lowest BCUT2D eigenvalue weighted by Gasteiger charge is -2.29. The lowest BCUT2D eigenvalue weighted by molar-refractivity contribution is -0.116. The average Bonchev–Trinajstić information content (AvgIpc) is 4.14. The van der Waals surface area contributed by atoms with Crippen LogP contribution in [0.25, 0.3) is 27.2 Å². The van der Waals surface area contributed by atoms with Crippen LogP contribution < -0.4 is 10.6 Å². The highest BCUT2D eigenvalue weighted by Gasteiger charge is 2.45. The normalized spacial score (nSPS) is 21.3. The van der Waals surface area contributed by atoms with E-state index in [1.54, 1.807) is 64.0 Å². The van der Waals surface area contributed by atoms with E-state index in [4.69, 9.17) is 39.1 Å². The van der Waals surface area contributed by atoms with Crippen LogP contribution in [0.4, 0.5) is 11.6 Å². The second-order valence-electron chi connectivity index (χ2n) is 16.3. The zero-order valence-electron chi connectivity index (χ0n) is 37.9. The molecule has 7 atom stereocenters. The Kier molecular flexibility index (Phi) is 15.3. The van der Waals surface area contributed by atoms with Crippen LogP contribution in [0.3, 0.4) is 0 Å². The molecule has 3 amide bonds. The number of hydrogen-bond donors (Lipinski definition) is 2. The van der Waals surface area contributed by atoms with E-state index in [1.807, 2.05) is 39.8 Å². The SMILES string of the molecule is [C-]#[N+]CCOP(=NC(C)=O)(OCC1OC(n2cnc3c(NC(=O)c4ccccc4)ncnc32)C[C@H]1OC(C)C)O[C@@H]1CC(n2cnc3c(NC(=O)c4ccccc4)ncnc32)OC1COC(C)C. The average molecular weight is 951 g/mol. The van der Waals surface area contributed by atoms with Crippen molar-refractivity contribution in [3.63, 3.8) is 0 Å².